The molecule has 1 aliphatic heterocycles. The molecule has 1 N–H and O–H groups in total. The second-order valence-electron chi connectivity index (χ2n) is 8.49. The summed E-state index contributed by atoms with van der Waals surface area (Å²) in [5.74, 6) is -0.793. The first-order chi connectivity index (χ1) is 17.8. The van der Waals surface area contributed by atoms with Crippen molar-refractivity contribution in [2.75, 3.05) is 6.61 Å². The van der Waals surface area contributed by atoms with E-state index in [0.717, 1.165) is 28.5 Å². The lowest BCUT2D eigenvalue weighted by Crippen LogP contribution is -2.14. The highest BCUT2D eigenvalue weighted by Crippen LogP contribution is 2.39. The van der Waals surface area contributed by atoms with E-state index in [1.807, 2.05) is 68.4 Å². The lowest BCUT2D eigenvalue weighted by molar-refractivity contribution is -0.138. The number of carbonyl (C=O) groups excluding carboxylic acids is 2. The number of esters is 1. The van der Waals surface area contributed by atoms with E-state index < -0.39 is 11.9 Å². The molecule has 0 spiro atoms. The first kappa shape index (κ1) is 26.0. The fraction of sp³-hybridized carbons (Fsp3) is 0.167. The molecule has 0 saturated heterocycles. The topological polar surface area (TPSA) is 85.2 Å². The number of rotatable bonds is 7. The van der Waals surface area contributed by atoms with Gasteiger partial charge in [-0.1, -0.05) is 71.4 Å². The molecule has 1 aliphatic rings. The molecule has 0 aliphatic carbocycles. The molecule has 0 saturated carbocycles. The number of hydrogen-bond donors (Lipinski definition) is 1. The van der Waals surface area contributed by atoms with E-state index in [1.54, 1.807) is 25.1 Å². The molecule has 0 bridgehead atoms. The summed E-state index contributed by atoms with van der Waals surface area (Å²) in [6.45, 7) is 6.22. The minimum atomic E-state index is -0.730. The number of nitrogens with zero attached hydrogens (tertiary/aromatic N) is 1. The summed E-state index contributed by atoms with van der Waals surface area (Å²) < 4.78 is 11.0. The van der Waals surface area contributed by atoms with Crippen LogP contribution in [0.2, 0.25) is 0 Å². The van der Waals surface area contributed by atoms with Gasteiger partial charge in [0.1, 0.15) is 28.7 Å². The summed E-state index contributed by atoms with van der Waals surface area (Å²) in [5.41, 5.74) is 4.33. The summed E-state index contributed by atoms with van der Waals surface area (Å²) in [7, 11) is 0. The Morgan fingerprint density at radius 2 is 1.70 bits per heavy atom. The molecule has 4 rings (SSSR count). The number of thioether (sulfide) groups is 1. The lowest BCUT2D eigenvalue weighted by atomic mass is 10.1. The molecular weight excluding hydrogens is 486 g/mol. The third-order valence-electron chi connectivity index (χ3n) is 5.54. The molecule has 37 heavy (non-hydrogen) atoms. The third-order valence-corrected chi connectivity index (χ3v) is 6.56. The number of hydrogen-bond acceptors (Lipinski definition) is 6. The van der Waals surface area contributed by atoms with Gasteiger partial charge in [0.15, 0.2) is 0 Å². The summed E-state index contributed by atoms with van der Waals surface area (Å²) in [4.78, 5) is 29.9. The maximum Gasteiger partial charge on any atom is 0.344 e. The number of amides is 1. The number of aliphatic imine (C=N–C) groups is 1. The van der Waals surface area contributed by atoms with Crippen molar-refractivity contribution in [2.24, 2.45) is 4.99 Å². The predicted octanol–water partition coefficient (Wildman–Crippen LogP) is 6.58. The fourth-order valence-corrected chi connectivity index (χ4v) is 4.64. The molecule has 7 heteroatoms. The normalized spacial score (nSPS) is 15.3. The van der Waals surface area contributed by atoms with Crippen LogP contribution in [0, 0.1) is 13.8 Å². The van der Waals surface area contributed by atoms with Crippen molar-refractivity contribution in [2.45, 2.75) is 27.4 Å². The average Bonchev–Trinajstić information content (AvgIpc) is 3.18. The Balaban J connectivity index is 1.55. The van der Waals surface area contributed by atoms with Gasteiger partial charge in [-0.25, -0.2) is 9.79 Å². The zero-order chi connectivity index (χ0) is 26.4. The van der Waals surface area contributed by atoms with Crippen LogP contribution in [0.4, 0.5) is 0 Å². The Labute approximate surface area is 220 Å². The van der Waals surface area contributed by atoms with E-state index in [9.17, 15) is 14.7 Å². The van der Waals surface area contributed by atoms with Crippen LogP contribution in [0.1, 0.15) is 39.5 Å². The second kappa shape index (κ2) is 11.8. The largest absolute Gasteiger partial charge is 0.506 e. The summed E-state index contributed by atoms with van der Waals surface area (Å²) >= 11 is 1.05. The molecular formula is C30H27NO5S. The van der Waals surface area contributed by atoms with Gasteiger partial charge in [-0.05, 0) is 62.2 Å². The summed E-state index contributed by atoms with van der Waals surface area (Å²) in [5, 5.41) is 11.0. The van der Waals surface area contributed by atoms with Crippen molar-refractivity contribution in [3.63, 3.8) is 0 Å². The quantitative estimate of drug-likeness (QED) is 0.359. The maximum atomic E-state index is 12.7. The van der Waals surface area contributed by atoms with E-state index in [1.165, 1.54) is 5.56 Å². The molecule has 3 aromatic rings. The summed E-state index contributed by atoms with van der Waals surface area (Å²) in [6, 6.07) is 22.5. The SMILES string of the molecule is CCOC(=O)C1=C(O)/C(=C/c2ccc(OCc3cccc(C)c3)cc2)SC1=NC(=O)c1ccc(C)cc1. The van der Waals surface area contributed by atoms with E-state index in [2.05, 4.69) is 11.1 Å². The maximum absolute atomic E-state index is 12.7. The number of aliphatic hydroxyl groups is 1. The lowest BCUT2D eigenvalue weighted by Gasteiger charge is -2.07. The van der Waals surface area contributed by atoms with Crippen molar-refractivity contribution in [3.8, 4) is 5.75 Å². The van der Waals surface area contributed by atoms with Crippen LogP contribution in [0.5, 0.6) is 5.75 Å². The Bertz CT molecular complexity index is 1400. The highest BCUT2D eigenvalue weighted by molar-refractivity contribution is 8.18. The molecule has 0 fully saturated rings. The smallest absolute Gasteiger partial charge is 0.344 e. The van der Waals surface area contributed by atoms with Crippen LogP contribution in [-0.2, 0) is 16.1 Å². The first-order valence-electron chi connectivity index (χ1n) is 11.8. The zero-order valence-electron chi connectivity index (χ0n) is 20.9. The van der Waals surface area contributed by atoms with Gasteiger partial charge in [0.05, 0.1) is 11.5 Å². The van der Waals surface area contributed by atoms with Gasteiger partial charge in [-0.15, -0.1) is 0 Å². The molecule has 1 heterocycles. The van der Waals surface area contributed by atoms with E-state index in [0.29, 0.717) is 22.8 Å². The van der Waals surface area contributed by atoms with Crippen molar-refractivity contribution < 1.29 is 24.2 Å². The molecule has 0 radical (unpaired) electrons. The summed E-state index contributed by atoms with van der Waals surface area (Å²) in [6.07, 6.45) is 1.72. The molecule has 188 valence electrons. The Hall–Kier alpha value is -4.10. The van der Waals surface area contributed by atoms with E-state index >= 15 is 0 Å². The molecule has 0 atom stereocenters. The van der Waals surface area contributed by atoms with Gasteiger partial charge in [0.2, 0.25) is 0 Å². The van der Waals surface area contributed by atoms with Gasteiger partial charge in [-0.2, -0.15) is 0 Å². The van der Waals surface area contributed by atoms with Gasteiger partial charge < -0.3 is 14.6 Å². The first-order valence-corrected chi connectivity index (χ1v) is 12.6. The zero-order valence-corrected chi connectivity index (χ0v) is 21.7. The highest BCUT2D eigenvalue weighted by atomic mass is 32.2. The molecule has 0 aromatic heterocycles. The monoisotopic (exact) mass is 513 g/mol. The van der Waals surface area contributed by atoms with Crippen LogP contribution >= 0.6 is 11.8 Å². The van der Waals surface area contributed by atoms with Crippen molar-refractivity contribution in [3.05, 3.63) is 117 Å². The molecule has 6 nitrogen and oxygen atoms in total. The number of benzene rings is 3. The van der Waals surface area contributed by atoms with Crippen molar-refractivity contribution in [1.82, 2.24) is 0 Å². The van der Waals surface area contributed by atoms with Gasteiger partial charge >= 0.3 is 5.97 Å². The fourth-order valence-electron chi connectivity index (χ4n) is 3.62. The van der Waals surface area contributed by atoms with Gasteiger partial charge in [0, 0.05) is 5.56 Å². The molecule has 3 aromatic carbocycles. The molecule has 1 amide bonds. The van der Waals surface area contributed by atoms with E-state index in [4.69, 9.17) is 9.47 Å². The van der Waals surface area contributed by atoms with Crippen LogP contribution in [0.3, 0.4) is 0 Å². The van der Waals surface area contributed by atoms with Crippen LogP contribution < -0.4 is 4.74 Å². The van der Waals surface area contributed by atoms with Crippen LogP contribution in [0.25, 0.3) is 6.08 Å². The van der Waals surface area contributed by atoms with Gasteiger partial charge in [-0.3, -0.25) is 4.79 Å². The number of carbonyl (C=O) groups is 2. The Kier molecular flexibility index (Phi) is 8.25. The third kappa shape index (κ3) is 6.57. The Morgan fingerprint density at radius 3 is 2.38 bits per heavy atom. The minimum absolute atomic E-state index is 0.103. The predicted molar refractivity (Wildman–Crippen MR) is 147 cm³/mol. The van der Waals surface area contributed by atoms with Gasteiger partial charge in [0.25, 0.3) is 5.91 Å². The van der Waals surface area contributed by atoms with Crippen molar-refractivity contribution >= 4 is 34.8 Å². The average molecular weight is 514 g/mol. The second-order valence-corrected chi connectivity index (χ2v) is 9.52. The number of aryl methyl sites for hydroxylation is 2. The minimum Gasteiger partial charge on any atom is -0.506 e. The highest BCUT2D eigenvalue weighted by Gasteiger charge is 2.33. The van der Waals surface area contributed by atoms with E-state index in [-0.39, 0.29) is 23.0 Å². The van der Waals surface area contributed by atoms with Crippen LogP contribution in [-0.4, -0.2) is 28.6 Å². The Morgan fingerprint density at radius 1 is 0.973 bits per heavy atom. The van der Waals surface area contributed by atoms with Crippen molar-refractivity contribution in [1.29, 1.82) is 0 Å². The molecule has 0 unspecified atom stereocenters. The standard InChI is InChI=1S/C30H27NO5S/c1-4-35-30(34)26-27(32)25(37-29(26)31-28(33)23-12-8-19(2)9-13-23)17-21-10-14-24(15-11-21)36-18-22-7-5-6-20(3)16-22/h5-17,32H,4,18H2,1-3H3/b25-17-,31-29?. The number of ether oxygens (including phenoxy) is 2. The number of aliphatic hydroxyl groups excluding tert-OH is 1. The van der Waals surface area contributed by atoms with Crippen LogP contribution in [0.15, 0.2) is 94.0 Å².